The van der Waals surface area contributed by atoms with Gasteiger partial charge in [0.2, 0.25) is 0 Å². The number of aromatic carboxylic acids is 1. The number of hydrogen-bond donors (Lipinski definition) is 1. The number of benzene rings is 2. The lowest BCUT2D eigenvalue weighted by Crippen LogP contribution is -2.52. The molecule has 0 bridgehead atoms. The van der Waals surface area contributed by atoms with E-state index >= 15 is 0 Å². The van der Waals surface area contributed by atoms with Crippen LogP contribution in [0.4, 0.5) is 10.2 Å². The van der Waals surface area contributed by atoms with Crippen LogP contribution in [0.5, 0.6) is 0 Å². The molecule has 0 radical (unpaired) electrons. The highest BCUT2D eigenvalue weighted by Gasteiger charge is 2.23. The number of aromatic nitrogens is 1. The average Bonchev–Trinajstić information content (AvgIpc) is 3.06. The van der Waals surface area contributed by atoms with Gasteiger partial charge in [-0.2, -0.15) is 0 Å². The summed E-state index contributed by atoms with van der Waals surface area (Å²) < 4.78 is 17.5. The third-order valence-electron chi connectivity index (χ3n) is 7.03. The van der Waals surface area contributed by atoms with Crippen molar-refractivity contribution < 1.29 is 19.0 Å². The van der Waals surface area contributed by atoms with Crippen molar-refractivity contribution in [2.45, 2.75) is 87.6 Å². The highest BCUT2D eigenvalue weighted by molar-refractivity contribution is 6.30. The molecule has 8 heteroatoms. The van der Waals surface area contributed by atoms with Gasteiger partial charge in [0.15, 0.2) is 0 Å². The third kappa shape index (κ3) is 19.1. The van der Waals surface area contributed by atoms with Crippen LogP contribution in [0.2, 0.25) is 5.02 Å². The minimum absolute atomic E-state index is 0.213. The minimum Gasteiger partial charge on any atom is -0.478 e. The first-order valence-electron chi connectivity index (χ1n) is 16.5. The van der Waals surface area contributed by atoms with Crippen molar-refractivity contribution in [2.24, 2.45) is 0 Å². The van der Waals surface area contributed by atoms with Crippen molar-refractivity contribution in [1.82, 2.24) is 9.88 Å². The molecule has 1 aromatic heterocycles. The highest BCUT2D eigenvalue weighted by atomic mass is 35.5. The fraction of sp³-hybridized carbons (Fsp3) is 0.487. The van der Waals surface area contributed by atoms with E-state index in [1.54, 1.807) is 31.4 Å². The van der Waals surface area contributed by atoms with Gasteiger partial charge in [-0.3, -0.25) is 4.90 Å². The van der Waals surface area contributed by atoms with Crippen LogP contribution < -0.4 is 4.90 Å². The maximum absolute atomic E-state index is 12.8. The summed E-state index contributed by atoms with van der Waals surface area (Å²) >= 11 is 5.53. The monoisotopic (exact) mass is 671 g/mol. The molecule has 4 rings (SSSR count). The van der Waals surface area contributed by atoms with Gasteiger partial charge in [-0.15, -0.1) is 12.8 Å². The molecule has 1 fully saturated rings. The second-order valence-corrected chi connectivity index (χ2v) is 11.1. The molecule has 6 nitrogen and oxygen atoms in total. The molecule has 1 atom stereocenters. The quantitative estimate of drug-likeness (QED) is 0.252. The van der Waals surface area contributed by atoms with Gasteiger partial charge in [0, 0.05) is 50.1 Å². The molecule has 0 spiro atoms. The van der Waals surface area contributed by atoms with E-state index in [0.717, 1.165) is 55.3 Å². The van der Waals surface area contributed by atoms with E-state index in [1.807, 2.05) is 40.7 Å². The molecule has 0 amide bonds. The molecular weight excluding hydrogens is 613 g/mol. The lowest BCUT2D eigenvalue weighted by molar-refractivity contribution is 0.0696. The molecule has 3 aromatic rings. The van der Waals surface area contributed by atoms with E-state index in [4.69, 9.17) is 21.4 Å². The number of terminal acetylenes is 1. The van der Waals surface area contributed by atoms with Crippen LogP contribution in [0, 0.1) is 39.4 Å². The van der Waals surface area contributed by atoms with E-state index < -0.39 is 5.97 Å². The Bertz CT molecular complexity index is 1280. The summed E-state index contributed by atoms with van der Waals surface area (Å²) in [5.41, 5.74) is 4.31. The second kappa shape index (κ2) is 27.7. The fourth-order valence-electron chi connectivity index (χ4n) is 4.41. The van der Waals surface area contributed by atoms with Gasteiger partial charge < -0.3 is 14.7 Å². The van der Waals surface area contributed by atoms with E-state index in [0.29, 0.717) is 28.6 Å². The molecular formula is C39H59ClFN3O3. The molecule has 0 saturated carbocycles. The lowest BCUT2D eigenvalue weighted by atomic mass is 10.1. The maximum Gasteiger partial charge on any atom is 0.335 e. The summed E-state index contributed by atoms with van der Waals surface area (Å²) in [6.07, 6.45) is 11.1. The number of piperazine rings is 1. The summed E-state index contributed by atoms with van der Waals surface area (Å²) in [5.74, 6) is 0.0519. The van der Waals surface area contributed by atoms with Gasteiger partial charge >= 0.3 is 5.97 Å². The Morgan fingerprint density at radius 1 is 1.00 bits per heavy atom. The Kier molecular flexibility index (Phi) is 26.9. The number of pyridine rings is 1. The van der Waals surface area contributed by atoms with Crippen molar-refractivity contribution in [3.05, 3.63) is 93.4 Å². The van der Waals surface area contributed by atoms with Gasteiger partial charge in [-0.05, 0) is 107 Å². The van der Waals surface area contributed by atoms with Gasteiger partial charge in [0.1, 0.15) is 11.6 Å². The normalized spacial score (nSPS) is 13.3. The number of carboxylic acids is 1. The number of ether oxygens (including phenoxy) is 1. The zero-order valence-corrected chi connectivity index (χ0v) is 31.2. The van der Waals surface area contributed by atoms with Gasteiger partial charge in [0.05, 0.1) is 5.56 Å². The van der Waals surface area contributed by atoms with Gasteiger partial charge in [0.25, 0.3) is 0 Å². The fourth-order valence-corrected chi connectivity index (χ4v) is 4.57. The predicted molar refractivity (Wildman–Crippen MR) is 200 cm³/mol. The number of aryl methyl sites for hydroxylation is 4. The van der Waals surface area contributed by atoms with Crippen LogP contribution in [0.3, 0.4) is 0 Å². The number of methoxy groups -OCH3 is 1. The Labute approximate surface area is 290 Å². The van der Waals surface area contributed by atoms with E-state index in [-0.39, 0.29) is 5.82 Å². The first-order valence-corrected chi connectivity index (χ1v) is 16.8. The topological polar surface area (TPSA) is 65.9 Å². The number of nitrogens with zero attached hydrogens (tertiary/aromatic N) is 3. The van der Waals surface area contributed by atoms with Gasteiger partial charge in [-0.1, -0.05) is 64.4 Å². The van der Waals surface area contributed by atoms with Crippen molar-refractivity contribution in [1.29, 1.82) is 0 Å². The summed E-state index contributed by atoms with van der Waals surface area (Å²) in [7, 11) is 1.71. The number of carbonyl (C=O) groups is 1. The van der Waals surface area contributed by atoms with Crippen molar-refractivity contribution in [3.8, 4) is 12.8 Å². The van der Waals surface area contributed by atoms with Crippen molar-refractivity contribution >= 4 is 23.4 Å². The molecule has 1 unspecified atom stereocenters. The molecule has 2 heterocycles. The summed E-state index contributed by atoms with van der Waals surface area (Å²) in [6, 6.07) is 16.8. The third-order valence-corrected chi connectivity index (χ3v) is 7.27. The predicted octanol–water partition coefficient (Wildman–Crippen LogP) is 9.67. The van der Waals surface area contributed by atoms with E-state index in [1.165, 1.54) is 19.0 Å². The number of carboxylic acid groups (broad SMARTS) is 1. The molecule has 1 aliphatic rings. The molecule has 0 aliphatic carbocycles. The average molecular weight is 672 g/mol. The molecule has 1 N–H and O–H groups in total. The molecule has 1 aliphatic heterocycles. The minimum atomic E-state index is -0.867. The van der Waals surface area contributed by atoms with E-state index in [9.17, 15) is 9.18 Å². The summed E-state index contributed by atoms with van der Waals surface area (Å²) in [5, 5.41) is 9.05. The Hall–Kier alpha value is -3.44. The van der Waals surface area contributed by atoms with Crippen LogP contribution in [-0.2, 0) is 11.2 Å². The molecule has 47 heavy (non-hydrogen) atoms. The number of rotatable bonds is 7. The Morgan fingerprint density at radius 2 is 1.66 bits per heavy atom. The highest BCUT2D eigenvalue weighted by Crippen LogP contribution is 2.18. The van der Waals surface area contributed by atoms with Crippen LogP contribution in [0.15, 0.2) is 54.6 Å². The van der Waals surface area contributed by atoms with E-state index in [2.05, 4.69) is 73.5 Å². The molecule has 262 valence electrons. The van der Waals surface area contributed by atoms with Crippen LogP contribution in [-0.4, -0.2) is 66.9 Å². The smallest absolute Gasteiger partial charge is 0.335 e. The Balaban J connectivity index is 0. The SMILES string of the molecule is C#C.CC.CCCN1CCN(c2cccc(C)n2)CC1C.CCCOC.CCc1ccc(Cl)cc1F.Cc1ccc(C(=O)O)cc1C. The Morgan fingerprint density at radius 3 is 2.11 bits per heavy atom. The van der Waals surface area contributed by atoms with Crippen molar-refractivity contribution in [3.63, 3.8) is 0 Å². The zero-order valence-electron chi connectivity index (χ0n) is 30.4. The van der Waals surface area contributed by atoms with Crippen LogP contribution >= 0.6 is 11.6 Å². The number of halogens is 2. The number of hydrogen-bond acceptors (Lipinski definition) is 5. The van der Waals surface area contributed by atoms with Crippen LogP contribution in [0.1, 0.15) is 87.1 Å². The maximum atomic E-state index is 12.8. The summed E-state index contributed by atoms with van der Waals surface area (Å²) in [4.78, 5) is 20.1. The first kappa shape index (κ1) is 45.7. The lowest BCUT2D eigenvalue weighted by Gasteiger charge is -2.40. The molecule has 2 aromatic carbocycles. The second-order valence-electron chi connectivity index (χ2n) is 10.7. The van der Waals surface area contributed by atoms with Crippen LogP contribution in [0.25, 0.3) is 0 Å². The molecule has 1 saturated heterocycles. The van der Waals surface area contributed by atoms with Gasteiger partial charge in [-0.25, -0.2) is 14.2 Å². The standard InChI is InChI=1S/C14H23N3.C9H10O2.C8H8ClF.C4H10O.C2H6.C2H2/c1-4-8-16-9-10-17(11-13(16)3)14-7-5-6-12(2)15-14;1-6-3-4-8(9(10)11)5-7(6)2;1-2-6-3-4-7(9)5-8(6)10;1-3-4-5-2;2*1-2/h5-7,13H,4,8-11H2,1-3H3;3-5H,1-2H3,(H,10,11);3-5H,2H2,1H3;3-4H2,1-2H3;1-2H3;1-2H. The summed E-state index contributed by atoms with van der Waals surface area (Å²) in [6.45, 7) is 23.9. The number of anilines is 1. The zero-order chi connectivity index (χ0) is 36.4. The largest absolute Gasteiger partial charge is 0.478 e. The first-order chi connectivity index (χ1) is 22.5. The van der Waals surface area contributed by atoms with Crippen molar-refractivity contribution in [2.75, 3.05) is 44.8 Å².